The fourth-order valence-electron chi connectivity index (χ4n) is 6.24. The second-order valence-electron chi connectivity index (χ2n) is 10.3. The molecule has 0 saturated carbocycles. The molecule has 0 radical (unpaired) electrons. The summed E-state index contributed by atoms with van der Waals surface area (Å²) in [6.45, 7) is 4.67. The maximum Gasteiger partial charge on any atom is -1.00 e. The van der Waals surface area contributed by atoms with Crippen molar-refractivity contribution in [1.29, 1.82) is 0 Å². The fraction of sp³-hybridized carbons (Fsp3) is 0.222. The van der Waals surface area contributed by atoms with Crippen LogP contribution in [-0.2, 0) is 23.2 Å². The van der Waals surface area contributed by atoms with Gasteiger partial charge in [0.2, 0.25) is 0 Å². The molecule has 2 atom stereocenters. The Bertz CT molecular complexity index is 1360. The molecule has 6 rings (SSSR count). The first-order valence-corrected chi connectivity index (χ1v) is 16.7. The second kappa shape index (κ2) is 13.5. The Morgan fingerprint density at radius 1 is 0.513 bits per heavy atom. The molecule has 4 aromatic carbocycles. The van der Waals surface area contributed by atoms with Gasteiger partial charge in [0, 0.05) is 0 Å². The number of allylic oxidation sites excluding steroid dienone is 2. The molecule has 0 heterocycles. The molecule has 3 heteroatoms. The predicted octanol–water partition coefficient (Wildman–Crippen LogP) is 4.29. The predicted molar refractivity (Wildman–Crippen MR) is 155 cm³/mol. The van der Waals surface area contributed by atoms with Crippen molar-refractivity contribution in [2.24, 2.45) is 0 Å². The van der Waals surface area contributed by atoms with Crippen LogP contribution < -0.4 is 24.8 Å². The molecule has 2 aliphatic rings. The molecule has 0 N–H and O–H groups in total. The van der Waals surface area contributed by atoms with Crippen LogP contribution in [0.25, 0.3) is 34.4 Å². The van der Waals surface area contributed by atoms with Gasteiger partial charge in [-0.25, -0.2) is 0 Å². The summed E-state index contributed by atoms with van der Waals surface area (Å²) in [5, 5.41) is 0. The largest absolute Gasteiger partial charge is 1.00 e. The normalized spacial score (nSPS) is 16.7. The SMILES string of the molecule is CCCC1=Cc2c(-c3ccccc3)cccc2[CH]1[Zr+2][CH]1C(CCC)=Cc2c(-c3ccccc3)cccc21.[Cl-].[Cl-]. The van der Waals surface area contributed by atoms with Gasteiger partial charge in [-0.2, -0.15) is 0 Å². The second-order valence-corrected chi connectivity index (χ2v) is 14.0. The minimum Gasteiger partial charge on any atom is -1.00 e. The average Bonchev–Trinajstić information content (AvgIpc) is 3.48. The van der Waals surface area contributed by atoms with Crippen LogP contribution in [0.15, 0.2) is 108 Å². The van der Waals surface area contributed by atoms with Crippen LogP contribution in [0.3, 0.4) is 0 Å². The summed E-state index contributed by atoms with van der Waals surface area (Å²) < 4.78 is 1.30. The third-order valence-corrected chi connectivity index (χ3v) is 12.9. The molecule has 0 aromatic heterocycles. The molecule has 0 spiro atoms. The zero-order valence-corrected chi connectivity index (χ0v) is 26.6. The average molecular weight is 629 g/mol. The van der Waals surface area contributed by atoms with E-state index in [1.54, 1.807) is 22.3 Å². The van der Waals surface area contributed by atoms with E-state index in [2.05, 4.69) is 123 Å². The Hall–Kier alpha value is -2.18. The molecule has 2 aliphatic carbocycles. The standard InChI is InChI=1S/2C18H17.2ClH.Zr/c2*1-2-7-14-12-16-10-6-11-17(18(16)13-14)15-8-4-3-5-9-15;;;/h2*3-6,8-13H,2,7H2,1H3;2*1H;/q;;;;+2/p-2. The van der Waals surface area contributed by atoms with Crippen LogP contribution in [0.1, 0.15) is 69.0 Å². The number of hydrogen-bond acceptors (Lipinski definition) is 0. The first-order chi connectivity index (χ1) is 18.3. The smallest absolute Gasteiger partial charge is 1.00 e. The van der Waals surface area contributed by atoms with E-state index < -0.39 is 23.2 Å². The number of benzene rings is 4. The first kappa shape index (κ1) is 29.8. The van der Waals surface area contributed by atoms with Crippen LogP contribution in [0.2, 0.25) is 0 Å². The number of hydrogen-bond donors (Lipinski definition) is 0. The van der Waals surface area contributed by atoms with Crippen molar-refractivity contribution < 1.29 is 48.0 Å². The fourth-order valence-corrected chi connectivity index (χ4v) is 11.3. The van der Waals surface area contributed by atoms with E-state index in [0.29, 0.717) is 7.25 Å². The first-order valence-electron chi connectivity index (χ1n) is 13.8. The molecular weight excluding hydrogens is 595 g/mol. The van der Waals surface area contributed by atoms with Gasteiger partial charge in [0.15, 0.2) is 0 Å². The van der Waals surface area contributed by atoms with Gasteiger partial charge < -0.3 is 24.8 Å². The number of rotatable bonds is 8. The van der Waals surface area contributed by atoms with Gasteiger partial charge in [-0.3, -0.25) is 0 Å². The summed E-state index contributed by atoms with van der Waals surface area (Å²) in [7, 11) is 0. The Labute approximate surface area is 258 Å². The van der Waals surface area contributed by atoms with Gasteiger partial charge in [-0.05, 0) is 0 Å². The third-order valence-electron chi connectivity index (χ3n) is 7.88. The van der Waals surface area contributed by atoms with Crippen LogP contribution in [0.4, 0.5) is 0 Å². The van der Waals surface area contributed by atoms with E-state index in [0.717, 1.165) is 0 Å². The van der Waals surface area contributed by atoms with Crippen LogP contribution in [0.5, 0.6) is 0 Å². The van der Waals surface area contributed by atoms with Gasteiger partial charge >= 0.3 is 235 Å². The van der Waals surface area contributed by atoms with Crippen molar-refractivity contribution in [3.8, 4) is 22.3 Å². The van der Waals surface area contributed by atoms with Gasteiger partial charge in [0.1, 0.15) is 0 Å². The van der Waals surface area contributed by atoms with E-state index in [-0.39, 0.29) is 24.8 Å². The summed E-state index contributed by atoms with van der Waals surface area (Å²) in [6.07, 6.45) is 10.0. The van der Waals surface area contributed by atoms with Crippen LogP contribution in [-0.4, -0.2) is 0 Å². The van der Waals surface area contributed by atoms with Gasteiger partial charge in [-0.1, -0.05) is 0 Å². The molecule has 0 saturated heterocycles. The van der Waals surface area contributed by atoms with Crippen LogP contribution >= 0.6 is 0 Å². The summed E-state index contributed by atoms with van der Waals surface area (Å²) in [5.74, 6) is 0. The van der Waals surface area contributed by atoms with E-state index >= 15 is 0 Å². The zero-order valence-electron chi connectivity index (χ0n) is 22.6. The maximum atomic E-state index is 2.58. The monoisotopic (exact) mass is 626 g/mol. The maximum absolute atomic E-state index is 2.58. The molecular formula is C36H34Cl2Zr. The van der Waals surface area contributed by atoms with Gasteiger partial charge in [0.25, 0.3) is 0 Å². The van der Waals surface area contributed by atoms with Gasteiger partial charge in [0.05, 0.1) is 0 Å². The molecule has 0 nitrogen and oxygen atoms in total. The van der Waals surface area contributed by atoms with Crippen molar-refractivity contribution in [3.05, 3.63) is 130 Å². The summed E-state index contributed by atoms with van der Waals surface area (Å²) >= 11 is -0.893. The zero-order chi connectivity index (χ0) is 25.2. The summed E-state index contributed by atoms with van der Waals surface area (Å²) in [5.41, 5.74) is 15.0. The molecule has 196 valence electrons. The Balaban J connectivity index is 0.00000176. The molecule has 0 amide bonds. The summed E-state index contributed by atoms with van der Waals surface area (Å²) in [4.78, 5) is 0. The summed E-state index contributed by atoms with van der Waals surface area (Å²) in [6, 6.07) is 36.0. The molecule has 2 unspecified atom stereocenters. The topological polar surface area (TPSA) is 0 Å². The van der Waals surface area contributed by atoms with Crippen molar-refractivity contribution in [2.45, 2.75) is 46.8 Å². The molecule has 4 aromatic rings. The van der Waals surface area contributed by atoms with Crippen molar-refractivity contribution >= 4 is 12.2 Å². The number of halogens is 2. The quantitative estimate of drug-likeness (QED) is 0.273. The number of fused-ring (bicyclic) bond motifs is 2. The van der Waals surface area contributed by atoms with Crippen molar-refractivity contribution in [2.75, 3.05) is 0 Å². The molecule has 0 aliphatic heterocycles. The third kappa shape index (κ3) is 5.83. The van der Waals surface area contributed by atoms with E-state index in [1.165, 1.54) is 59.1 Å². The van der Waals surface area contributed by atoms with E-state index in [9.17, 15) is 0 Å². The van der Waals surface area contributed by atoms with Gasteiger partial charge in [-0.15, -0.1) is 0 Å². The Morgan fingerprint density at radius 2 is 0.923 bits per heavy atom. The van der Waals surface area contributed by atoms with E-state index in [4.69, 9.17) is 0 Å². The molecule has 0 fully saturated rings. The van der Waals surface area contributed by atoms with Crippen molar-refractivity contribution in [3.63, 3.8) is 0 Å². The Kier molecular flexibility index (Phi) is 10.3. The minimum atomic E-state index is -0.893. The van der Waals surface area contributed by atoms with Crippen LogP contribution in [0, 0.1) is 0 Å². The van der Waals surface area contributed by atoms with E-state index in [1.807, 2.05) is 0 Å². The Morgan fingerprint density at radius 3 is 1.31 bits per heavy atom. The minimum absolute atomic E-state index is 0. The molecule has 39 heavy (non-hydrogen) atoms. The van der Waals surface area contributed by atoms with Crippen molar-refractivity contribution in [1.82, 2.24) is 0 Å². The molecule has 0 bridgehead atoms.